The van der Waals surface area contributed by atoms with Gasteiger partial charge in [-0.05, 0) is 80.0 Å². The molecule has 2 aromatic carbocycles. The van der Waals surface area contributed by atoms with Crippen LogP contribution in [0.1, 0.15) is 51.9 Å². The standard InChI is InChI=1S/C26H27F3N4O2/c1-16-3-4-18(11-17(16)2)24(35)32-9-7-25(8-10-32)13-22(23(31)34)33(15-25)20-6-5-19(14-30)21(12-20)26(27,28)29/h3-6,11-12,22H,7-10,13,15H2,1-2H3,(H2,31,34). The van der Waals surface area contributed by atoms with Crippen LogP contribution in [0.5, 0.6) is 0 Å². The van der Waals surface area contributed by atoms with E-state index in [1.165, 1.54) is 6.07 Å². The summed E-state index contributed by atoms with van der Waals surface area (Å²) in [6, 6.07) is 9.93. The molecule has 0 aliphatic carbocycles. The average Bonchev–Trinajstić information content (AvgIpc) is 3.19. The summed E-state index contributed by atoms with van der Waals surface area (Å²) in [5.74, 6) is -0.653. The highest BCUT2D eigenvalue weighted by atomic mass is 19.4. The number of benzene rings is 2. The van der Waals surface area contributed by atoms with Crippen molar-refractivity contribution in [1.82, 2.24) is 4.90 Å². The number of piperidine rings is 1. The molecule has 2 amide bonds. The fourth-order valence-corrected chi connectivity index (χ4v) is 5.23. The number of alkyl halides is 3. The number of hydrogen-bond donors (Lipinski definition) is 1. The lowest BCUT2D eigenvalue weighted by atomic mass is 9.76. The lowest BCUT2D eigenvalue weighted by molar-refractivity contribution is -0.137. The van der Waals surface area contributed by atoms with E-state index in [1.807, 2.05) is 32.0 Å². The molecule has 9 heteroatoms. The Balaban J connectivity index is 1.54. The van der Waals surface area contributed by atoms with Crippen LogP contribution < -0.4 is 10.6 Å². The van der Waals surface area contributed by atoms with Crippen LogP contribution in [0.25, 0.3) is 0 Å². The van der Waals surface area contributed by atoms with Gasteiger partial charge in [-0.3, -0.25) is 9.59 Å². The second-order valence-electron chi connectivity index (χ2n) is 9.68. The molecule has 2 aliphatic heterocycles. The van der Waals surface area contributed by atoms with Crippen LogP contribution in [-0.4, -0.2) is 42.4 Å². The molecule has 184 valence electrons. The Bertz CT molecular complexity index is 1210. The highest BCUT2D eigenvalue weighted by Gasteiger charge is 2.48. The summed E-state index contributed by atoms with van der Waals surface area (Å²) >= 11 is 0. The van der Waals surface area contributed by atoms with Gasteiger partial charge in [-0.2, -0.15) is 18.4 Å². The Morgan fingerprint density at radius 1 is 1.09 bits per heavy atom. The van der Waals surface area contributed by atoms with Crippen molar-refractivity contribution in [3.63, 3.8) is 0 Å². The van der Waals surface area contributed by atoms with Gasteiger partial charge in [0.1, 0.15) is 6.04 Å². The van der Waals surface area contributed by atoms with E-state index in [0.717, 1.165) is 23.3 Å². The van der Waals surface area contributed by atoms with Gasteiger partial charge in [-0.25, -0.2) is 0 Å². The van der Waals surface area contributed by atoms with Gasteiger partial charge in [0.25, 0.3) is 5.91 Å². The first-order chi connectivity index (χ1) is 16.4. The quantitative estimate of drug-likeness (QED) is 0.708. The number of nitrogens with zero attached hydrogens (tertiary/aromatic N) is 3. The number of aryl methyl sites for hydroxylation is 2. The van der Waals surface area contributed by atoms with Gasteiger partial charge in [0, 0.05) is 30.9 Å². The minimum atomic E-state index is -4.69. The predicted octanol–water partition coefficient (Wildman–Crippen LogP) is 4.18. The van der Waals surface area contributed by atoms with E-state index in [-0.39, 0.29) is 17.0 Å². The van der Waals surface area contributed by atoms with Crippen molar-refractivity contribution >= 4 is 17.5 Å². The molecule has 0 saturated carbocycles. The van der Waals surface area contributed by atoms with Crippen LogP contribution in [0.15, 0.2) is 36.4 Å². The molecule has 6 nitrogen and oxygen atoms in total. The first-order valence-electron chi connectivity index (χ1n) is 11.5. The van der Waals surface area contributed by atoms with Crippen LogP contribution >= 0.6 is 0 Å². The number of primary amides is 1. The SMILES string of the molecule is Cc1ccc(C(=O)N2CCC3(CC2)CC(C(N)=O)N(c2ccc(C#N)c(C(F)(F)F)c2)C3)cc1C. The third kappa shape index (κ3) is 4.70. The number of likely N-dealkylation sites (tertiary alicyclic amines) is 1. The molecule has 1 unspecified atom stereocenters. The average molecular weight is 485 g/mol. The van der Waals surface area contributed by atoms with Gasteiger partial charge < -0.3 is 15.5 Å². The van der Waals surface area contributed by atoms with Crippen molar-refractivity contribution in [2.75, 3.05) is 24.5 Å². The highest BCUT2D eigenvalue weighted by molar-refractivity contribution is 5.94. The molecule has 2 aliphatic rings. The molecular weight excluding hydrogens is 457 g/mol. The van der Waals surface area contributed by atoms with Gasteiger partial charge in [0.05, 0.1) is 17.2 Å². The van der Waals surface area contributed by atoms with Crippen LogP contribution in [0.4, 0.5) is 18.9 Å². The van der Waals surface area contributed by atoms with Gasteiger partial charge in [0.2, 0.25) is 5.91 Å². The van der Waals surface area contributed by atoms with E-state index < -0.39 is 29.3 Å². The monoisotopic (exact) mass is 484 g/mol. The third-order valence-electron chi connectivity index (χ3n) is 7.46. The van der Waals surface area contributed by atoms with Crippen LogP contribution in [-0.2, 0) is 11.0 Å². The van der Waals surface area contributed by atoms with E-state index in [4.69, 9.17) is 11.0 Å². The number of amides is 2. The van der Waals surface area contributed by atoms with Crippen molar-refractivity contribution < 1.29 is 22.8 Å². The Labute approximate surface area is 202 Å². The van der Waals surface area contributed by atoms with E-state index >= 15 is 0 Å². The summed E-state index contributed by atoms with van der Waals surface area (Å²) in [5.41, 5.74) is 6.81. The lowest BCUT2D eigenvalue weighted by Gasteiger charge is -2.39. The van der Waals surface area contributed by atoms with Crippen molar-refractivity contribution in [3.8, 4) is 6.07 Å². The summed E-state index contributed by atoms with van der Waals surface area (Å²) in [4.78, 5) is 28.7. The maximum atomic E-state index is 13.5. The summed E-state index contributed by atoms with van der Waals surface area (Å²) in [6.45, 7) is 5.29. The number of anilines is 1. The number of rotatable bonds is 3. The van der Waals surface area contributed by atoms with Gasteiger partial charge in [0.15, 0.2) is 0 Å². The van der Waals surface area contributed by atoms with Gasteiger partial charge in [-0.15, -0.1) is 0 Å². The summed E-state index contributed by atoms with van der Waals surface area (Å²) < 4.78 is 40.5. The highest BCUT2D eigenvalue weighted by Crippen LogP contribution is 2.46. The molecule has 2 heterocycles. The zero-order valence-electron chi connectivity index (χ0n) is 19.7. The smallest absolute Gasteiger partial charge is 0.368 e. The maximum Gasteiger partial charge on any atom is 0.417 e. The van der Waals surface area contributed by atoms with Gasteiger partial charge >= 0.3 is 6.18 Å². The predicted molar refractivity (Wildman–Crippen MR) is 125 cm³/mol. The second kappa shape index (κ2) is 8.91. The van der Waals surface area contributed by atoms with Crippen LogP contribution in [0.3, 0.4) is 0 Å². The molecule has 2 N–H and O–H groups in total. The Hall–Kier alpha value is -3.54. The Morgan fingerprint density at radius 3 is 2.34 bits per heavy atom. The number of hydrogen-bond acceptors (Lipinski definition) is 4. The molecule has 1 atom stereocenters. The lowest BCUT2D eigenvalue weighted by Crippen LogP contribution is -2.44. The minimum Gasteiger partial charge on any atom is -0.368 e. The molecule has 1 spiro atoms. The molecule has 0 aromatic heterocycles. The van der Waals surface area contributed by atoms with Crippen molar-refractivity contribution in [1.29, 1.82) is 5.26 Å². The molecule has 2 saturated heterocycles. The minimum absolute atomic E-state index is 0.0498. The zero-order chi connectivity index (χ0) is 25.5. The third-order valence-corrected chi connectivity index (χ3v) is 7.46. The number of carbonyl (C=O) groups is 2. The van der Waals surface area contributed by atoms with Crippen LogP contribution in [0.2, 0.25) is 0 Å². The topological polar surface area (TPSA) is 90.4 Å². The maximum absolute atomic E-state index is 13.5. The molecule has 2 fully saturated rings. The Kier molecular flexibility index (Phi) is 6.26. The first kappa shape index (κ1) is 24.6. The fraction of sp³-hybridized carbons (Fsp3) is 0.423. The number of nitriles is 1. The second-order valence-corrected chi connectivity index (χ2v) is 9.68. The summed E-state index contributed by atoms with van der Waals surface area (Å²) in [5, 5.41) is 9.09. The number of nitrogens with two attached hydrogens (primary N) is 1. The zero-order valence-corrected chi connectivity index (χ0v) is 19.7. The molecule has 4 rings (SSSR count). The molecule has 2 aromatic rings. The van der Waals surface area contributed by atoms with Crippen molar-refractivity contribution in [2.45, 2.75) is 45.3 Å². The van der Waals surface area contributed by atoms with Gasteiger partial charge in [-0.1, -0.05) is 6.07 Å². The normalized spacial score (nSPS) is 19.6. The summed E-state index contributed by atoms with van der Waals surface area (Å²) in [7, 11) is 0. The van der Waals surface area contributed by atoms with Crippen molar-refractivity contribution in [3.05, 3.63) is 64.2 Å². The summed E-state index contributed by atoms with van der Waals surface area (Å²) in [6.07, 6.45) is -3.05. The molecule has 35 heavy (non-hydrogen) atoms. The van der Waals surface area contributed by atoms with E-state index in [9.17, 15) is 22.8 Å². The number of carbonyl (C=O) groups excluding carboxylic acids is 2. The number of halogens is 3. The fourth-order valence-electron chi connectivity index (χ4n) is 5.23. The first-order valence-corrected chi connectivity index (χ1v) is 11.5. The van der Waals surface area contributed by atoms with E-state index in [1.54, 1.807) is 15.9 Å². The van der Waals surface area contributed by atoms with Crippen molar-refractivity contribution in [2.24, 2.45) is 11.1 Å². The molecule has 0 radical (unpaired) electrons. The van der Waals surface area contributed by atoms with E-state index in [0.29, 0.717) is 44.5 Å². The molecule has 0 bridgehead atoms. The Morgan fingerprint density at radius 2 is 1.77 bits per heavy atom. The van der Waals surface area contributed by atoms with Crippen LogP contribution in [0, 0.1) is 30.6 Å². The largest absolute Gasteiger partial charge is 0.417 e. The molecular formula is C26H27F3N4O2. The van der Waals surface area contributed by atoms with E-state index in [2.05, 4.69) is 0 Å².